The third-order valence-corrected chi connectivity index (χ3v) is 5.05. The van der Waals surface area contributed by atoms with E-state index in [4.69, 9.17) is 0 Å². The summed E-state index contributed by atoms with van der Waals surface area (Å²) in [5.74, 6) is 0.582. The van der Waals surface area contributed by atoms with Gasteiger partial charge in [-0.2, -0.15) is 5.10 Å². The van der Waals surface area contributed by atoms with Crippen molar-refractivity contribution in [2.75, 3.05) is 0 Å². The van der Waals surface area contributed by atoms with Gasteiger partial charge in [0.05, 0.1) is 5.39 Å². The lowest BCUT2D eigenvalue weighted by Crippen LogP contribution is -2.42. The molecule has 1 aromatic carbocycles. The molecule has 0 unspecified atom stereocenters. The molecule has 1 aliphatic carbocycles. The number of carbonyl (C=O) groups excluding carboxylic acids is 1. The maximum atomic E-state index is 12.9. The average molecular weight is 341 g/mol. The van der Waals surface area contributed by atoms with E-state index < -0.39 is 0 Å². The van der Waals surface area contributed by atoms with Crippen molar-refractivity contribution >= 4 is 16.7 Å². The number of hydrogen-bond acceptors (Lipinski definition) is 3. The summed E-state index contributed by atoms with van der Waals surface area (Å²) in [6, 6.07) is 7.44. The van der Waals surface area contributed by atoms with Crippen LogP contribution in [0.3, 0.4) is 0 Å². The zero-order valence-electron chi connectivity index (χ0n) is 15.3. The lowest BCUT2D eigenvalue weighted by molar-refractivity contribution is 0.0904. The molecule has 1 fully saturated rings. The lowest BCUT2D eigenvalue weighted by atomic mass is 9.86. The molecule has 0 saturated heterocycles. The highest BCUT2D eigenvalue weighted by molar-refractivity contribution is 6.04. The number of hydrogen-bond donors (Lipinski definition) is 1. The highest BCUT2D eigenvalue weighted by atomic mass is 16.2. The third kappa shape index (κ3) is 3.75. The van der Waals surface area contributed by atoms with E-state index in [1.807, 2.05) is 32.0 Å². The molecule has 1 amide bonds. The Morgan fingerprint density at radius 3 is 2.60 bits per heavy atom. The van der Waals surface area contributed by atoms with Crippen LogP contribution in [-0.2, 0) is 6.54 Å². The van der Waals surface area contributed by atoms with Crippen LogP contribution in [0.15, 0.2) is 29.1 Å². The normalized spacial score (nSPS) is 20.8. The molecule has 0 spiro atoms. The van der Waals surface area contributed by atoms with Gasteiger partial charge in [0.15, 0.2) is 5.69 Å². The van der Waals surface area contributed by atoms with Crippen molar-refractivity contribution in [3.8, 4) is 0 Å². The van der Waals surface area contributed by atoms with Crippen LogP contribution < -0.4 is 10.9 Å². The smallest absolute Gasteiger partial charge is 0.274 e. The van der Waals surface area contributed by atoms with Gasteiger partial charge in [-0.05, 0) is 30.7 Å². The van der Waals surface area contributed by atoms with Crippen LogP contribution in [0.5, 0.6) is 0 Å². The van der Waals surface area contributed by atoms with Crippen LogP contribution in [0, 0.1) is 11.8 Å². The van der Waals surface area contributed by atoms with Gasteiger partial charge in [0.25, 0.3) is 11.5 Å². The van der Waals surface area contributed by atoms with E-state index in [9.17, 15) is 9.59 Å². The molecule has 0 aliphatic heterocycles. The molecule has 1 aromatic heterocycles. The van der Waals surface area contributed by atoms with Gasteiger partial charge >= 0.3 is 0 Å². The fourth-order valence-electron chi connectivity index (χ4n) is 3.64. The molecule has 5 heteroatoms. The number of amides is 1. The summed E-state index contributed by atoms with van der Waals surface area (Å²) < 4.78 is 1.44. The van der Waals surface area contributed by atoms with Crippen molar-refractivity contribution < 1.29 is 4.79 Å². The number of rotatable bonds is 4. The first kappa shape index (κ1) is 17.6. The van der Waals surface area contributed by atoms with Crippen molar-refractivity contribution in [3.63, 3.8) is 0 Å². The van der Waals surface area contributed by atoms with Crippen LogP contribution in [0.1, 0.15) is 56.9 Å². The number of benzene rings is 1. The van der Waals surface area contributed by atoms with Crippen molar-refractivity contribution in [1.29, 1.82) is 0 Å². The number of fused-ring (bicyclic) bond motifs is 1. The molecule has 134 valence electrons. The van der Waals surface area contributed by atoms with Gasteiger partial charge in [-0.15, -0.1) is 0 Å². The fraction of sp³-hybridized carbons (Fsp3) is 0.550. The Morgan fingerprint density at radius 2 is 1.92 bits per heavy atom. The van der Waals surface area contributed by atoms with E-state index in [1.54, 1.807) is 6.07 Å². The molecule has 2 atom stereocenters. The summed E-state index contributed by atoms with van der Waals surface area (Å²) in [5, 5.41) is 8.77. The van der Waals surface area contributed by atoms with Gasteiger partial charge < -0.3 is 5.32 Å². The molecule has 1 N–H and O–H groups in total. The van der Waals surface area contributed by atoms with Gasteiger partial charge in [0, 0.05) is 18.0 Å². The molecule has 0 radical (unpaired) electrons. The fourth-order valence-corrected chi connectivity index (χ4v) is 3.64. The third-order valence-electron chi connectivity index (χ3n) is 5.05. The van der Waals surface area contributed by atoms with E-state index in [0.29, 0.717) is 28.9 Å². The summed E-state index contributed by atoms with van der Waals surface area (Å²) in [6.07, 6.45) is 4.53. The summed E-state index contributed by atoms with van der Waals surface area (Å²) in [6.45, 7) is 6.76. The first-order valence-corrected chi connectivity index (χ1v) is 9.28. The molecule has 5 nitrogen and oxygen atoms in total. The van der Waals surface area contributed by atoms with Crippen LogP contribution in [0.2, 0.25) is 0 Å². The Bertz CT molecular complexity index is 825. The van der Waals surface area contributed by atoms with Gasteiger partial charge in [0.1, 0.15) is 0 Å². The van der Waals surface area contributed by atoms with Crippen LogP contribution in [0.25, 0.3) is 10.8 Å². The molecular weight excluding hydrogens is 314 g/mol. The zero-order valence-corrected chi connectivity index (χ0v) is 15.3. The van der Waals surface area contributed by atoms with Crippen molar-refractivity contribution in [3.05, 3.63) is 40.3 Å². The molecule has 1 heterocycles. The topological polar surface area (TPSA) is 64.0 Å². The monoisotopic (exact) mass is 341 g/mol. The Morgan fingerprint density at radius 1 is 1.24 bits per heavy atom. The lowest BCUT2D eigenvalue weighted by Gasteiger charge is -2.29. The van der Waals surface area contributed by atoms with E-state index >= 15 is 0 Å². The maximum absolute atomic E-state index is 12.9. The number of nitrogens with zero attached hydrogens (tertiary/aromatic N) is 2. The predicted molar refractivity (Wildman–Crippen MR) is 99.7 cm³/mol. The Hall–Kier alpha value is -2.17. The second-order valence-electron chi connectivity index (χ2n) is 7.62. The van der Waals surface area contributed by atoms with Gasteiger partial charge in [-0.25, -0.2) is 4.68 Å². The van der Waals surface area contributed by atoms with Crippen molar-refractivity contribution in [2.45, 2.75) is 59.0 Å². The molecule has 1 aliphatic rings. The minimum atomic E-state index is -0.174. The molecule has 1 saturated carbocycles. The highest BCUT2D eigenvalue weighted by Crippen LogP contribution is 2.24. The first-order valence-electron chi connectivity index (χ1n) is 9.28. The van der Waals surface area contributed by atoms with Gasteiger partial charge in [0.2, 0.25) is 0 Å². The second kappa shape index (κ2) is 7.38. The second-order valence-corrected chi connectivity index (χ2v) is 7.62. The van der Waals surface area contributed by atoms with Crippen LogP contribution in [-0.4, -0.2) is 21.7 Å². The molecule has 25 heavy (non-hydrogen) atoms. The zero-order chi connectivity index (χ0) is 18.0. The first-order chi connectivity index (χ1) is 12.0. The molecule has 3 rings (SSSR count). The number of nitrogens with one attached hydrogen (secondary N) is 1. The van der Waals surface area contributed by atoms with Crippen LogP contribution >= 0.6 is 0 Å². The molecule has 0 bridgehead atoms. The summed E-state index contributed by atoms with van der Waals surface area (Å²) >= 11 is 0. The van der Waals surface area contributed by atoms with Crippen molar-refractivity contribution in [2.24, 2.45) is 11.8 Å². The standard InChI is InChI=1S/C20H27N3O2/c1-13(2)12-23-20(25)16-10-6-5-9-15(16)18(22-23)19(24)21-17-11-7-4-8-14(17)3/h5-6,9-10,13-14,17H,4,7-8,11-12H2,1-3H3,(H,21,24)/t14-,17-/m0/s1. The summed E-state index contributed by atoms with van der Waals surface area (Å²) in [7, 11) is 0. The summed E-state index contributed by atoms with van der Waals surface area (Å²) in [4.78, 5) is 25.6. The average Bonchev–Trinajstić information content (AvgIpc) is 2.59. The Kier molecular flexibility index (Phi) is 5.21. The van der Waals surface area contributed by atoms with E-state index in [2.05, 4.69) is 17.3 Å². The van der Waals surface area contributed by atoms with E-state index in [1.165, 1.54) is 11.1 Å². The van der Waals surface area contributed by atoms with Crippen LogP contribution in [0.4, 0.5) is 0 Å². The molecule has 2 aromatic rings. The Labute approximate surface area is 148 Å². The van der Waals surface area contributed by atoms with Crippen molar-refractivity contribution in [1.82, 2.24) is 15.1 Å². The SMILES string of the molecule is CC(C)Cn1nc(C(=O)N[C@H]2CCCC[C@@H]2C)c2ccccc2c1=O. The number of aromatic nitrogens is 2. The van der Waals surface area contributed by atoms with Gasteiger partial charge in [-0.3, -0.25) is 9.59 Å². The Balaban J connectivity index is 2.00. The maximum Gasteiger partial charge on any atom is 0.274 e. The largest absolute Gasteiger partial charge is 0.348 e. The number of carbonyl (C=O) groups is 1. The molecular formula is C20H27N3O2. The quantitative estimate of drug-likeness (QED) is 0.927. The van der Waals surface area contributed by atoms with E-state index in [-0.39, 0.29) is 23.4 Å². The summed E-state index contributed by atoms with van der Waals surface area (Å²) in [5.41, 5.74) is 0.223. The van der Waals surface area contributed by atoms with Gasteiger partial charge in [-0.1, -0.05) is 51.8 Å². The minimum absolute atomic E-state index is 0.133. The van der Waals surface area contributed by atoms with E-state index in [0.717, 1.165) is 19.3 Å². The minimum Gasteiger partial charge on any atom is -0.348 e. The highest BCUT2D eigenvalue weighted by Gasteiger charge is 2.25. The predicted octanol–water partition coefficient (Wildman–Crippen LogP) is 3.36.